The first kappa shape index (κ1) is 23.3. The van der Waals surface area contributed by atoms with E-state index in [1.54, 1.807) is 20.8 Å². The molecule has 9 heteroatoms. The van der Waals surface area contributed by atoms with Crippen molar-refractivity contribution in [1.29, 1.82) is 0 Å². The van der Waals surface area contributed by atoms with Gasteiger partial charge >= 0.3 is 0 Å². The molecule has 0 radical (unpaired) electrons. The lowest BCUT2D eigenvalue weighted by molar-refractivity contribution is -0.138. The third-order valence-corrected chi connectivity index (χ3v) is 8.65. The van der Waals surface area contributed by atoms with Crippen molar-refractivity contribution in [2.75, 3.05) is 12.3 Å². The molecule has 2 aliphatic rings. The smallest absolute Gasteiger partial charge is 0.263 e. The second-order valence-electron chi connectivity index (χ2n) is 8.74. The maximum atomic E-state index is 13.5. The number of thioether (sulfide) groups is 1. The minimum atomic E-state index is -0.525. The zero-order valence-electron chi connectivity index (χ0n) is 18.7. The van der Waals surface area contributed by atoms with Gasteiger partial charge in [-0.05, 0) is 56.9 Å². The first-order valence-electron chi connectivity index (χ1n) is 11.8. The Morgan fingerprint density at radius 1 is 1.19 bits per heavy atom. The third kappa shape index (κ3) is 4.73. The zero-order valence-corrected chi connectivity index (χ0v) is 20.4. The molecule has 0 saturated carbocycles. The maximum Gasteiger partial charge on any atom is 0.263 e. The summed E-state index contributed by atoms with van der Waals surface area (Å²) in [7, 11) is 0. The molecular formula is C23H32N4O3S2. The van der Waals surface area contributed by atoms with Crippen molar-refractivity contribution in [2.24, 2.45) is 5.73 Å². The largest absolute Gasteiger partial charge is 0.368 e. The molecule has 1 aliphatic carbocycles. The number of thiophene rings is 1. The number of hydrogen-bond acceptors (Lipinski definition) is 6. The first-order chi connectivity index (χ1) is 15.5. The van der Waals surface area contributed by atoms with Gasteiger partial charge < -0.3 is 10.6 Å². The van der Waals surface area contributed by atoms with Crippen molar-refractivity contribution in [1.82, 2.24) is 14.5 Å². The van der Waals surface area contributed by atoms with E-state index in [0.717, 1.165) is 68.0 Å². The highest BCUT2D eigenvalue weighted by molar-refractivity contribution is 7.99. The number of carbonyl (C=O) groups is 2. The number of carbonyl (C=O) groups excluding carboxylic acids is 2. The Morgan fingerprint density at radius 3 is 2.78 bits per heavy atom. The molecule has 4 rings (SSSR count). The monoisotopic (exact) mass is 476 g/mol. The van der Waals surface area contributed by atoms with Crippen LogP contribution in [0.15, 0.2) is 9.95 Å². The molecule has 1 saturated heterocycles. The number of aromatic nitrogens is 2. The summed E-state index contributed by atoms with van der Waals surface area (Å²) in [5.41, 5.74) is 6.76. The summed E-state index contributed by atoms with van der Waals surface area (Å²) in [6, 6.07) is -0.525. The molecule has 1 unspecified atom stereocenters. The number of rotatable bonds is 8. The fraction of sp³-hybridized carbons (Fsp3) is 0.652. The number of piperidine rings is 1. The van der Waals surface area contributed by atoms with Gasteiger partial charge in [-0.1, -0.05) is 31.5 Å². The van der Waals surface area contributed by atoms with Gasteiger partial charge in [-0.15, -0.1) is 11.3 Å². The van der Waals surface area contributed by atoms with E-state index in [9.17, 15) is 14.4 Å². The SMILES string of the molecule is CCCCCn1c(SCC(=O)N2CCCCC2C(N)=O)nc2sc3c(c2c1=O)CCCC3. The minimum Gasteiger partial charge on any atom is -0.368 e. The average molecular weight is 477 g/mol. The number of likely N-dealkylation sites (tertiary alicyclic amines) is 1. The number of hydrogen-bond donors (Lipinski definition) is 1. The first-order valence-corrected chi connectivity index (χ1v) is 13.6. The van der Waals surface area contributed by atoms with E-state index in [0.29, 0.717) is 24.7 Å². The second-order valence-corrected chi connectivity index (χ2v) is 10.8. The molecule has 1 atom stereocenters. The number of aryl methyl sites for hydroxylation is 2. The highest BCUT2D eigenvalue weighted by Gasteiger charge is 2.31. The highest BCUT2D eigenvalue weighted by atomic mass is 32.2. The van der Waals surface area contributed by atoms with Gasteiger partial charge in [0.25, 0.3) is 5.56 Å². The lowest BCUT2D eigenvalue weighted by Gasteiger charge is -2.33. The maximum absolute atomic E-state index is 13.5. The van der Waals surface area contributed by atoms with Crippen molar-refractivity contribution >= 4 is 45.1 Å². The summed E-state index contributed by atoms with van der Waals surface area (Å²) < 4.78 is 1.78. The van der Waals surface area contributed by atoms with Gasteiger partial charge in [0.05, 0.1) is 11.1 Å². The van der Waals surface area contributed by atoms with E-state index in [1.165, 1.54) is 22.2 Å². The summed E-state index contributed by atoms with van der Waals surface area (Å²) in [5, 5.41) is 1.40. The predicted molar refractivity (Wildman–Crippen MR) is 129 cm³/mol. The Balaban J connectivity index is 1.61. The number of nitrogens with two attached hydrogens (primary N) is 1. The van der Waals surface area contributed by atoms with Crippen LogP contribution in [-0.2, 0) is 29.0 Å². The summed E-state index contributed by atoms with van der Waals surface area (Å²) in [5.74, 6) is -0.401. The molecule has 2 aromatic rings. The Bertz CT molecular complexity index is 1060. The number of unbranched alkanes of at least 4 members (excludes halogenated alkanes) is 2. The summed E-state index contributed by atoms with van der Waals surface area (Å²) in [4.78, 5) is 46.9. The number of nitrogens with zero attached hydrogens (tertiary/aromatic N) is 3. The Labute approximate surface area is 196 Å². The molecule has 0 spiro atoms. The lowest BCUT2D eigenvalue weighted by atomic mass is 9.97. The van der Waals surface area contributed by atoms with Gasteiger partial charge in [-0.25, -0.2) is 4.98 Å². The van der Waals surface area contributed by atoms with E-state index in [-0.39, 0.29) is 17.2 Å². The van der Waals surface area contributed by atoms with Crippen molar-refractivity contribution in [3.63, 3.8) is 0 Å². The summed E-state index contributed by atoms with van der Waals surface area (Å²) in [6.45, 7) is 3.31. The summed E-state index contributed by atoms with van der Waals surface area (Å²) >= 11 is 2.95. The van der Waals surface area contributed by atoms with Crippen LogP contribution in [0.5, 0.6) is 0 Å². The van der Waals surface area contributed by atoms with Gasteiger partial charge in [0, 0.05) is 18.0 Å². The quantitative estimate of drug-likeness (QED) is 0.357. The normalized spacial score (nSPS) is 18.7. The standard InChI is InChI=1S/C23H32N4O3S2/c1-2-3-7-13-27-22(30)19-15-9-4-5-11-17(15)32-21(19)25-23(27)31-14-18(28)26-12-8-6-10-16(26)20(24)29/h16H,2-14H2,1H3,(H2,24,29). The van der Waals surface area contributed by atoms with Crippen LogP contribution in [0.4, 0.5) is 0 Å². The lowest BCUT2D eigenvalue weighted by Crippen LogP contribution is -2.51. The minimum absolute atomic E-state index is 0.0356. The third-order valence-electron chi connectivity index (χ3n) is 6.50. The van der Waals surface area contributed by atoms with Crippen LogP contribution in [0.2, 0.25) is 0 Å². The van der Waals surface area contributed by atoms with Crippen molar-refractivity contribution < 1.29 is 9.59 Å². The van der Waals surface area contributed by atoms with Gasteiger partial charge in [0.2, 0.25) is 11.8 Å². The van der Waals surface area contributed by atoms with Crippen LogP contribution >= 0.6 is 23.1 Å². The zero-order chi connectivity index (χ0) is 22.7. The van der Waals surface area contributed by atoms with Gasteiger partial charge in [0.1, 0.15) is 10.9 Å². The molecule has 2 amide bonds. The highest BCUT2D eigenvalue weighted by Crippen LogP contribution is 2.35. The summed E-state index contributed by atoms with van der Waals surface area (Å²) in [6.07, 6.45) is 9.70. The second kappa shape index (κ2) is 10.4. The molecule has 2 aromatic heterocycles. The predicted octanol–water partition coefficient (Wildman–Crippen LogP) is 3.49. The van der Waals surface area contributed by atoms with E-state index < -0.39 is 11.9 Å². The molecule has 3 heterocycles. The van der Waals surface area contributed by atoms with Crippen molar-refractivity contribution in [2.45, 2.75) is 88.9 Å². The topological polar surface area (TPSA) is 98.3 Å². The van der Waals surface area contributed by atoms with Crippen LogP contribution < -0.4 is 11.3 Å². The van der Waals surface area contributed by atoms with Crippen LogP contribution in [0, 0.1) is 0 Å². The molecule has 7 nitrogen and oxygen atoms in total. The van der Waals surface area contributed by atoms with Gasteiger partial charge in [-0.3, -0.25) is 19.0 Å². The van der Waals surface area contributed by atoms with Crippen LogP contribution in [-0.4, -0.2) is 44.6 Å². The van der Waals surface area contributed by atoms with Crippen molar-refractivity contribution in [3.05, 3.63) is 20.8 Å². The fourth-order valence-corrected chi connectivity index (χ4v) is 7.00. The number of amides is 2. The average Bonchev–Trinajstić information content (AvgIpc) is 3.17. The Kier molecular flexibility index (Phi) is 7.55. The molecule has 1 fully saturated rings. The number of fused-ring (bicyclic) bond motifs is 3. The van der Waals surface area contributed by atoms with E-state index >= 15 is 0 Å². The van der Waals surface area contributed by atoms with Crippen LogP contribution in [0.1, 0.15) is 68.7 Å². The molecule has 0 bridgehead atoms. The van der Waals surface area contributed by atoms with Crippen LogP contribution in [0.3, 0.4) is 0 Å². The Hall–Kier alpha value is -1.87. The van der Waals surface area contributed by atoms with E-state index in [2.05, 4.69) is 6.92 Å². The van der Waals surface area contributed by atoms with Gasteiger partial charge in [-0.2, -0.15) is 0 Å². The molecule has 2 N–H and O–H groups in total. The molecular weight excluding hydrogens is 444 g/mol. The molecule has 174 valence electrons. The molecule has 1 aliphatic heterocycles. The molecule has 32 heavy (non-hydrogen) atoms. The Morgan fingerprint density at radius 2 is 2.00 bits per heavy atom. The number of primary amides is 1. The van der Waals surface area contributed by atoms with Gasteiger partial charge in [0.15, 0.2) is 5.16 Å². The van der Waals surface area contributed by atoms with E-state index in [1.807, 2.05) is 0 Å². The fourth-order valence-electron chi connectivity index (χ4n) is 4.78. The van der Waals surface area contributed by atoms with E-state index in [4.69, 9.17) is 10.7 Å². The van der Waals surface area contributed by atoms with Crippen molar-refractivity contribution in [3.8, 4) is 0 Å². The molecule has 0 aromatic carbocycles. The van der Waals surface area contributed by atoms with Crippen LogP contribution in [0.25, 0.3) is 10.2 Å².